The van der Waals surface area contributed by atoms with E-state index in [4.69, 9.17) is 17.2 Å². The van der Waals surface area contributed by atoms with Gasteiger partial charge < -0.3 is 80.1 Å². The Bertz CT molecular complexity index is 2780. The third-order valence-electron chi connectivity index (χ3n) is 12.4. The number of H-pyrrole nitrogens is 2. The highest BCUT2D eigenvalue weighted by molar-refractivity contribution is 7.98. The maximum absolute atomic E-state index is 14.2. The van der Waals surface area contributed by atoms with E-state index in [1.165, 1.54) is 38.1 Å². The number of nitrogens with one attached hydrogen (secondary N) is 11. The minimum Gasteiger partial charge on any atom is -0.391 e. The molecule has 0 radical (unpaired) electrons. The number of aliphatic hydroxyl groups is 1. The number of benzene rings is 2. The van der Waals surface area contributed by atoms with Gasteiger partial charge in [0.1, 0.15) is 48.3 Å². The second-order valence-corrected chi connectivity index (χ2v) is 20.4. The Kier molecular flexibility index (Phi) is 25.6. The molecule has 4 rings (SSSR count). The number of imidazole rings is 1. The molecule has 0 spiro atoms. The molecule has 9 atom stereocenters. The first-order chi connectivity index (χ1) is 38.0. The van der Waals surface area contributed by atoms with Crippen LogP contribution in [0.1, 0.15) is 63.8 Å². The highest BCUT2D eigenvalue weighted by Crippen LogP contribution is 2.20. The summed E-state index contributed by atoms with van der Waals surface area (Å²) in [6, 6.07) is 4.90. The number of nitrogens with zero attached hydrogens (tertiary/aromatic N) is 1. The number of thioether (sulfide) groups is 1. The minimum absolute atomic E-state index is 0.00764. The van der Waals surface area contributed by atoms with Crippen molar-refractivity contribution in [3.05, 3.63) is 90.1 Å². The summed E-state index contributed by atoms with van der Waals surface area (Å²) in [6.07, 6.45) is 4.01. The molecule has 0 aliphatic carbocycles. The zero-order valence-electron chi connectivity index (χ0n) is 45.1. The number of para-hydroxylation sites is 1. The summed E-state index contributed by atoms with van der Waals surface area (Å²) in [4.78, 5) is 156. The van der Waals surface area contributed by atoms with Crippen molar-refractivity contribution < 1.29 is 57.8 Å². The van der Waals surface area contributed by atoms with Crippen LogP contribution >= 0.6 is 11.8 Å². The Morgan fingerprint density at radius 1 is 0.625 bits per heavy atom. The smallest absolute Gasteiger partial charge is 0.245 e. The molecule has 0 saturated heterocycles. The molecule has 2 aromatic heterocycles. The highest BCUT2D eigenvalue weighted by Gasteiger charge is 2.35. The lowest BCUT2D eigenvalue weighted by Crippen LogP contribution is -2.60. The van der Waals surface area contributed by atoms with Crippen LogP contribution in [0.3, 0.4) is 0 Å². The van der Waals surface area contributed by atoms with Crippen molar-refractivity contribution in [1.29, 1.82) is 0 Å². The number of rotatable bonds is 33. The first kappa shape index (κ1) is 64.2. The monoisotopic (exact) mass is 1130 g/mol. The lowest BCUT2D eigenvalue weighted by molar-refractivity contribution is -0.136. The number of nitrogens with two attached hydrogens (primary N) is 3. The fourth-order valence-corrected chi connectivity index (χ4v) is 8.65. The van der Waals surface area contributed by atoms with E-state index in [2.05, 4.69) is 62.8 Å². The maximum atomic E-state index is 14.2. The van der Waals surface area contributed by atoms with Gasteiger partial charge in [0.2, 0.25) is 65.0 Å². The van der Waals surface area contributed by atoms with E-state index in [1.807, 2.05) is 6.26 Å². The molecule has 2 heterocycles. The van der Waals surface area contributed by atoms with Gasteiger partial charge in [0, 0.05) is 48.3 Å². The molecule has 0 unspecified atom stereocenters. The van der Waals surface area contributed by atoms with Crippen molar-refractivity contribution in [3.63, 3.8) is 0 Å². The summed E-state index contributed by atoms with van der Waals surface area (Å²) in [5, 5.41) is 34.0. The quantitative estimate of drug-likeness (QED) is 0.0220. The van der Waals surface area contributed by atoms with Crippen molar-refractivity contribution in [1.82, 2.24) is 62.8 Å². The normalized spacial score (nSPS) is 14.5. The van der Waals surface area contributed by atoms with Crippen molar-refractivity contribution in [2.24, 2.45) is 23.1 Å². The van der Waals surface area contributed by atoms with Crippen LogP contribution in [0, 0.1) is 5.92 Å². The Balaban J connectivity index is 1.47. The summed E-state index contributed by atoms with van der Waals surface area (Å²) < 4.78 is 0. The topological polar surface area (TPSA) is 439 Å². The molecule has 11 amide bonds. The average molecular weight is 1130 g/mol. The van der Waals surface area contributed by atoms with Crippen LogP contribution < -0.4 is 65.1 Å². The molecule has 27 nitrogen and oxygen atoms in total. The molecule has 18 N–H and O–H groups in total. The SMILES string of the molecule is CSCC[C@H](NC(=O)[C@@H](Cc1ccccc1)NC(=O)[C@H](Cc1cnc[nH]1)NC(=O)CNC(=O)[C@@H](NC(=O)[C@H](C)NC(=O)[C@H](Cc1c[nH]c2ccccc12)NC(=O)[C@H](CC(C)C)NC(=O)[C@H](CC(N)=O)NC(=O)CN)[C@@H](C)O)C(N)=O. The van der Waals surface area contributed by atoms with Gasteiger partial charge in [0.25, 0.3) is 0 Å². The number of carbonyl (C=O) groups is 11. The van der Waals surface area contributed by atoms with Crippen LogP contribution in [0.2, 0.25) is 0 Å². The highest BCUT2D eigenvalue weighted by atomic mass is 32.2. The van der Waals surface area contributed by atoms with E-state index >= 15 is 0 Å². The standard InChI is InChI=1S/C52H73N15O12S/c1-27(2)17-36(64-51(78)40(21-41(54)69)61-42(70)22-53)48(75)66-38(19-31-23-57-34-14-10-9-13-33(31)34)47(74)60-28(3)46(73)67-44(29(4)68)52(79)58-25-43(71)62-39(20-32-24-56-26-59-32)50(77)65-37(18-30-11-7-6-8-12-30)49(76)63-35(45(55)72)15-16-80-5/h6-14,23-24,26-29,35-40,44,57,68H,15-22,25,53H2,1-5H3,(H2,54,69)(H2,55,72)(H,56,59)(H,58,79)(H,60,74)(H,61,70)(H,62,71)(H,63,76)(H,64,78)(H,65,77)(H,66,75)(H,67,73)/t28-,29+,35-,36-,37+,38-,39-,40-,44-/m0/s1. The van der Waals surface area contributed by atoms with Crippen molar-refractivity contribution in [3.8, 4) is 0 Å². The van der Waals surface area contributed by atoms with Gasteiger partial charge in [-0.25, -0.2) is 4.98 Å². The van der Waals surface area contributed by atoms with Crippen LogP contribution in [0.25, 0.3) is 10.9 Å². The molecule has 4 aromatic rings. The Morgan fingerprint density at radius 2 is 1.20 bits per heavy atom. The third-order valence-corrected chi connectivity index (χ3v) is 13.0. The fraction of sp³-hybridized carbons (Fsp3) is 0.462. The number of aromatic nitrogens is 3. The third kappa shape index (κ3) is 20.8. The van der Waals surface area contributed by atoms with Crippen LogP contribution in [0.15, 0.2) is 73.3 Å². The number of hydrogen-bond acceptors (Lipinski definition) is 15. The predicted molar refractivity (Wildman–Crippen MR) is 295 cm³/mol. The Morgan fingerprint density at radius 3 is 1.80 bits per heavy atom. The van der Waals surface area contributed by atoms with Crippen molar-refractivity contribution >= 4 is 87.6 Å². The molecule has 0 saturated carbocycles. The number of primary amides is 2. The average Bonchev–Trinajstić information content (AvgIpc) is 4.13. The van der Waals surface area contributed by atoms with Gasteiger partial charge in [0.05, 0.1) is 31.9 Å². The van der Waals surface area contributed by atoms with Crippen LogP contribution in [-0.2, 0) is 72.0 Å². The number of carbonyl (C=O) groups excluding carboxylic acids is 11. The molecule has 434 valence electrons. The summed E-state index contributed by atoms with van der Waals surface area (Å²) in [6.45, 7) is 4.72. The van der Waals surface area contributed by atoms with Crippen LogP contribution in [-0.4, -0.2) is 165 Å². The van der Waals surface area contributed by atoms with Gasteiger partial charge in [-0.1, -0.05) is 62.4 Å². The number of fused-ring (bicyclic) bond motifs is 1. The second-order valence-electron chi connectivity index (χ2n) is 19.4. The molecule has 0 bridgehead atoms. The zero-order valence-corrected chi connectivity index (χ0v) is 45.9. The first-order valence-electron chi connectivity index (χ1n) is 25.7. The van der Waals surface area contributed by atoms with E-state index < -0.39 is 139 Å². The Hall–Kier alpha value is -8.37. The maximum Gasteiger partial charge on any atom is 0.245 e. The number of aliphatic hydroxyl groups excluding tert-OH is 1. The lowest BCUT2D eigenvalue weighted by atomic mass is 10.00. The van der Waals surface area contributed by atoms with E-state index in [0.29, 0.717) is 33.5 Å². The summed E-state index contributed by atoms with van der Waals surface area (Å²) in [5.41, 5.74) is 18.7. The largest absolute Gasteiger partial charge is 0.391 e. The van der Waals surface area contributed by atoms with Gasteiger partial charge >= 0.3 is 0 Å². The van der Waals surface area contributed by atoms with Gasteiger partial charge in [-0.15, -0.1) is 0 Å². The van der Waals surface area contributed by atoms with E-state index in [9.17, 15) is 57.8 Å². The second kappa shape index (κ2) is 31.9. The van der Waals surface area contributed by atoms with E-state index in [0.717, 1.165) is 0 Å². The summed E-state index contributed by atoms with van der Waals surface area (Å²) in [5.74, 6) is -9.21. The van der Waals surface area contributed by atoms with Gasteiger partial charge in [-0.2, -0.15) is 11.8 Å². The molecule has 0 aliphatic rings. The van der Waals surface area contributed by atoms with Crippen molar-refractivity contribution in [2.75, 3.05) is 25.1 Å². The molecular formula is C52H73N15O12S. The number of amides is 11. The van der Waals surface area contributed by atoms with Crippen molar-refractivity contribution in [2.45, 2.75) is 121 Å². The Labute approximate surface area is 465 Å². The fourth-order valence-electron chi connectivity index (χ4n) is 8.18. The molecule has 0 aliphatic heterocycles. The molecule has 28 heteroatoms. The molecule has 80 heavy (non-hydrogen) atoms. The summed E-state index contributed by atoms with van der Waals surface area (Å²) in [7, 11) is 0. The van der Waals surface area contributed by atoms with Gasteiger partial charge in [-0.3, -0.25) is 52.7 Å². The van der Waals surface area contributed by atoms with Gasteiger partial charge in [-0.05, 0) is 61.8 Å². The number of aromatic amines is 2. The van der Waals surface area contributed by atoms with E-state index in [-0.39, 0.29) is 38.0 Å². The molecule has 2 aromatic carbocycles. The van der Waals surface area contributed by atoms with Gasteiger partial charge in [0.15, 0.2) is 0 Å². The van der Waals surface area contributed by atoms with Crippen LogP contribution in [0.4, 0.5) is 0 Å². The lowest BCUT2D eigenvalue weighted by Gasteiger charge is -2.27. The minimum atomic E-state index is -1.70. The number of hydrogen-bond donors (Lipinski definition) is 15. The predicted octanol–water partition coefficient (Wildman–Crippen LogP) is -3.57. The van der Waals surface area contributed by atoms with Crippen LogP contribution in [0.5, 0.6) is 0 Å². The zero-order chi connectivity index (χ0) is 59.1. The molecular weight excluding hydrogens is 1060 g/mol. The van der Waals surface area contributed by atoms with E-state index in [1.54, 1.807) is 74.6 Å². The molecule has 0 fully saturated rings. The summed E-state index contributed by atoms with van der Waals surface area (Å²) >= 11 is 1.44. The first-order valence-corrected chi connectivity index (χ1v) is 27.1.